The Morgan fingerprint density at radius 3 is 2.52 bits per heavy atom. The van der Waals surface area contributed by atoms with Gasteiger partial charge in [0.15, 0.2) is 0 Å². The van der Waals surface area contributed by atoms with Gasteiger partial charge in [-0.25, -0.2) is 17.9 Å². The zero-order valence-electron chi connectivity index (χ0n) is 10.5. The lowest BCUT2D eigenvalue weighted by Gasteiger charge is -2.07. The summed E-state index contributed by atoms with van der Waals surface area (Å²) >= 11 is 0. The summed E-state index contributed by atoms with van der Waals surface area (Å²) in [6, 6.07) is 5.22. The number of rotatable bonds is 3. The molecule has 1 amide bonds. The molecule has 0 spiro atoms. The molecule has 110 valence electrons. The highest BCUT2D eigenvalue weighted by atomic mass is 32.2. The number of aromatic amines is 1. The molecule has 4 N–H and O–H groups in total. The SMILES string of the molecule is NS(=O)(=O)c1ccc(NC(=O)c2cc[nH]c(=O)c2)c(F)c1. The van der Waals surface area contributed by atoms with E-state index in [2.05, 4.69) is 10.3 Å². The van der Waals surface area contributed by atoms with Gasteiger partial charge in [-0.15, -0.1) is 0 Å². The van der Waals surface area contributed by atoms with Gasteiger partial charge in [-0.2, -0.15) is 0 Å². The van der Waals surface area contributed by atoms with Crippen LogP contribution in [0.4, 0.5) is 10.1 Å². The van der Waals surface area contributed by atoms with Crippen LogP contribution in [0, 0.1) is 5.82 Å². The van der Waals surface area contributed by atoms with E-state index in [1.807, 2.05) is 0 Å². The van der Waals surface area contributed by atoms with Gasteiger partial charge in [-0.3, -0.25) is 9.59 Å². The summed E-state index contributed by atoms with van der Waals surface area (Å²) in [5, 5.41) is 7.09. The average molecular weight is 311 g/mol. The van der Waals surface area contributed by atoms with E-state index < -0.39 is 32.2 Å². The van der Waals surface area contributed by atoms with Gasteiger partial charge in [0.2, 0.25) is 15.6 Å². The highest BCUT2D eigenvalue weighted by Gasteiger charge is 2.14. The number of anilines is 1. The normalized spacial score (nSPS) is 11.1. The Labute approximate surface area is 118 Å². The van der Waals surface area contributed by atoms with Crippen molar-refractivity contribution in [3.05, 3.63) is 58.3 Å². The molecule has 0 saturated heterocycles. The fourth-order valence-electron chi connectivity index (χ4n) is 1.55. The van der Waals surface area contributed by atoms with Gasteiger partial charge < -0.3 is 10.3 Å². The van der Waals surface area contributed by atoms with E-state index in [4.69, 9.17) is 5.14 Å². The van der Waals surface area contributed by atoms with Crippen molar-refractivity contribution in [2.24, 2.45) is 5.14 Å². The summed E-state index contributed by atoms with van der Waals surface area (Å²) < 4.78 is 35.9. The number of halogens is 1. The molecule has 7 nitrogen and oxygen atoms in total. The zero-order valence-corrected chi connectivity index (χ0v) is 11.3. The van der Waals surface area contributed by atoms with Crippen LogP contribution in [0.2, 0.25) is 0 Å². The van der Waals surface area contributed by atoms with Crippen molar-refractivity contribution in [3.8, 4) is 0 Å². The molecule has 0 atom stereocenters. The number of carbonyl (C=O) groups is 1. The maximum atomic E-state index is 13.7. The second-order valence-electron chi connectivity index (χ2n) is 4.08. The maximum Gasteiger partial charge on any atom is 0.255 e. The molecule has 2 rings (SSSR count). The zero-order chi connectivity index (χ0) is 15.6. The third-order valence-corrected chi connectivity index (χ3v) is 3.47. The van der Waals surface area contributed by atoms with E-state index in [0.717, 1.165) is 18.2 Å². The number of amides is 1. The molecule has 0 unspecified atom stereocenters. The first-order valence-electron chi connectivity index (χ1n) is 5.60. The van der Waals surface area contributed by atoms with Gasteiger partial charge in [0.05, 0.1) is 10.6 Å². The molecule has 0 aliphatic rings. The van der Waals surface area contributed by atoms with Crippen LogP contribution in [-0.2, 0) is 10.0 Å². The molecule has 0 bridgehead atoms. The highest BCUT2D eigenvalue weighted by molar-refractivity contribution is 7.89. The number of nitrogens with two attached hydrogens (primary N) is 1. The van der Waals surface area contributed by atoms with Gasteiger partial charge in [0.1, 0.15) is 5.82 Å². The van der Waals surface area contributed by atoms with Crippen LogP contribution in [-0.4, -0.2) is 19.3 Å². The Hall–Kier alpha value is -2.52. The molecule has 0 radical (unpaired) electrons. The lowest BCUT2D eigenvalue weighted by atomic mass is 10.2. The number of sulfonamides is 1. The van der Waals surface area contributed by atoms with Crippen LogP contribution >= 0.6 is 0 Å². The number of hydrogen-bond donors (Lipinski definition) is 3. The summed E-state index contributed by atoms with van der Waals surface area (Å²) in [5.41, 5.74) is -0.672. The predicted molar refractivity (Wildman–Crippen MR) is 72.8 cm³/mol. The Bertz CT molecular complexity index is 861. The number of pyridine rings is 1. The minimum atomic E-state index is -4.03. The van der Waals surface area contributed by atoms with Crippen molar-refractivity contribution in [2.75, 3.05) is 5.32 Å². The molecule has 0 fully saturated rings. The van der Waals surface area contributed by atoms with E-state index in [0.29, 0.717) is 6.07 Å². The monoisotopic (exact) mass is 311 g/mol. The number of primary sulfonamides is 1. The summed E-state index contributed by atoms with van der Waals surface area (Å²) in [5.74, 6) is -1.66. The minimum Gasteiger partial charge on any atom is -0.329 e. The van der Waals surface area contributed by atoms with E-state index in [-0.39, 0.29) is 11.3 Å². The number of carbonyl (C=O) groups excluding carboxylic acids is 1. The minimum absolute atomic E-state index is 0.0358. The van der Waals surface area contributed by atoms with Crippen LogP contribution in [0.5, 0.6) is 0 Å². The number of hydrogen-bond acceptors (Lipinski definition) is 4. The second-order valence-corrected chi connectivity index (χ2v) is 5.64. The van der Waals surface area contributed by atoms with Crippen molar-refractivity contribution < 1.29 is 17.6 Å². The topological polar surface area (TPSA) is 122 Å². The van der Waals surface area contributed by atoms with Crippen LogP contribution in [0.15, 0.2) is 46.2 Å². The van der Waals surface area contributed by atoms with E-state index in [1.165, 1.54) is 12.3 Å². The molecule has 1 aromatic carbocycles. The molecule has 0 aliphatic carbocycles. The van der Waals surface area contributed by atoms with E-state index in [1.54, 1.807) is 0 Å². The van der Waals surface area contributed by atoms with Crippen molar-refractivity contribution >= 4 is 21.6 Å². The van der Waals surface area contributed by atoms with Gasteiger partial charge in [0.25, 0.3) is 5.91 Å². The number of H-pyrrole nitrogens is 1. The van der Waals surface area contributed by atoms with Crippen LogP contribution < -0.4 is 16.0 Å². The van der Waals surface area contributed by atoms with Gasteiger partial charge in [-0.05, 0) is 24.3 Å². The summed E-state index contributed by atoms with van der Waals surface area (Å²) in [7, 11) is -4.03. The fourth-order valence-corrected chi connectivity index (χ4v) is 2.08. The summed E-state index contributed by atoms with van der Waals surface area (Å²) in [4.78, 5) is 24.8. The van der Waals surface area contributed by atoms with Crippen molar-refractivity contribution in [3.63, 3.8) is 0 Å². The first-order chi connectivity index (χ1) is 9.77. The number of nitrogens with one attached hydrogen (secondary N) is 2. The van der Waals surface area contributed by atoms with Crippen LogP contribution in [0.25, 0.3) is 0 Å². The lowest BCUT2D eigenvalue weighted by Crippen LogP contribution is -2.17. The third-order valence-electron chi connectivity index (χ3n) is 2.55. The van der Waals surface area contributed by atoms with Crippen molar-refractivity contribution in [1.29, 1.82) is 0 Å². The maximum absolute atomic E-state index is 13.7. The number of aromatic nitrogens is 1. The predicted octanol–water partition coefficient (Wildman–Crippen LogP) is 0.414. The fraction of sp³-hybridized carbons (Fsp3) is 0. The Kier molecular flexibility index (Phi) is 3.87. The molecule has 2 aromatic rings. The standard InChI is InChI=1S/C12H10FN3O4S/c13-9-6-8(21(14,19)20)1-2-10(9)16-12(18)7-3-4-15-11(17)5-7/h1-6H,(H,15,17)(H,16,18)(H2,14,19,20). The molecule has 9 heteroatoms. The lowest BCUT2D eigenvalue weighted by molar-refractivity contribution is 0.102. The molecule has 21 heavy (non-hydrogen) atoms. The Balaban J connectivity index is 2.28. The number of benzene rings is 1. The molecule has 1 aromatic heterocycles. The van der Waals surface area contributed by atoms with Crippen LogP contribution in [0.3, 0.4) is 0 Å². The first-order valence-corrected chi connectivity index (χ1v) is 7.14. The van der Waals surface area contributed by atoms with Crippen molar-refractivity contribution in [2.45, 2.75) is 4.90 Å². The quantitative estimate of drug-likeness (QED) is 0.760. The van der Waals surface area contributed by atoms with Gasteiger partial charge in [0, 0.05) is 17.8 Å². The molecular formula is C12H10FN3O4S. The third kappa shape index (κ3) is 3.52. The first kappa shape index (κ1) is 14.9. The smallest absolute Gasteiger partial charge is 0.255 e. The molecule has 1 heterocycles. The Morgan fingerprint density at radius 1 is 1.24 bits per heavy atom. The molecule has 0 saturated carbocycles. The van der Waals surface area contributed by atoms with E-state index in [9.17, 15) is 22.4 Å². The van der Waals surface area contributed by atoms with Gasteiger partial charge >= 0.3 is 0 Å². The molecule has 0 aliphatic heterocycles. The van der Waals surface area contributed by atoms with Crippen molar-refractivity contribution in [1.82, 2.24) is 4.98 Å². The van der Waals surface area contributed by atoms with Crippen LogP contribution in [0.1, 0.15) is 10.4 Å². The van der Waals surface area contributed by atoms with E-state index >= 15 is 0 Å². The Morgan fingerprint density at radius 2 is 1.95 bits per heavy atom. The molecular weight excluding hydrogens is 301 g/mol. The second kappa shape index (κ2) is 5.46. The van der Waals surface area contributed by atoms with Gasteiger partial charge in [-0.1, -0.05) is 0 Å². The highest BCUT2D eigenvalue weighted by Crippen LogP contribution is 2.18. The summed E-state index contributed by atoms with van der Waals surface area (Å²) in [6.07, 6.45) is 1.28. The largest absolute Gasteiger partial charge is 0.329 e. The summed E-state index contributed by atoms with van der Waals surface area (Å²) in [6.45, 7) is 0. The average Bonchev–Trinajstić information content (AvgIpc) is 2.39.